The second-order valence-electron chi connectivity index (χ2n) is 14.4. The number of fused-ring (bicyclic) bond motifs is 6. The number of β-amino-alcohol motifs (C(OH)–C–C–N with tert-alkyl or cyclic N) is 1. The van der Waals surface area contributed by atoms with Gasteiger partial charge in [0, 0.05) is 31.5 Å². The third kappa shape index (κ3) is 3.59. The summed E-state index contributed by atoms with van der Waals surface area (Å²) in [6.45, 7) is 14.4. The topological polar surface area (TPSA) is 49.8 Å². The first-order valence-electron chi connectivity index (χ1n) is 14.9. The van der Waals surface area contributed by atoms with E-state index in [1.54, 1.807) is 0 Å². The number of carbonyl (C=O) groups excluding carboxylic acids is 1. The van der Waals surface area contributed by atoms with Crippen LogP contribution in [0.25, 0.3) is 0 Å². The molecule has 0 amide bonds. The number of aliphatic hydroxyl groups is 1. The number of rotatable bonds is 2. The molecule has 2 heterocycles. The van der Waals surface area contributed by atoms with Crippen molar-refractivity contribution in [3.05, 3.63) is 11.6 Å². The van der Waals surface area contributed by atoms with E-state index in [-0.39, 0.29) is 23.2 Å². The first-order valence-corrected chi connectivity index (χ1v) is 14.9. The number of ketones is 1. The highest BCUT2D eigenvalue weighted by Crippen LogP contribution is 2.66. The van der Waals surface area contributed by atoms with Crippen molar-refractivity contribution >= 4 is 5.78 Å². The van der Waals surface area contributed by atoms with Gasteiger partial charge in [-0.1, -0.05) is 33.3 Å². The third-order valence-electron chi connectivity index (χ3n) is 12.4. The lowest BCUT2D eigenvalue weighted by Crippen LogP contribution is -2.57. The van der Waals surface area contributed by atoms with E-state index >= 15 is 0 Å². The van der Waals surface area contributed by atoms with Gasteiger partial charge < -0.3 is 9.84 Å². The van der Waals surface area contributed by atoms with Gasteiger partial charge in [-0.2, -0.15) is 0 Å². The van der Waals surface area contributed by atoms with Crippen molar-refractivity contribution in [2.45, 2.75) is 110 Å². The Morgan fingerprint density at radius 2 is 1.86 bits per heavy atom. The van der Waals surface area contributed by atoms with Gasteiger partial charge in [0.25, 0.3) is 0 Å². The summed E-state index contributed by atoms with van der Waals surface area (Å²) < 4.78 is 7.34. The van der Waals surface area contributed by atoms with E-state index in [1.807, 2.05) is 6.08 Å². The fourth-order valence-electron chi connectivity index (χ4n) is 11.2. The van der Waals surface area contributed by atoms with Gasteiger partial charge >= 0.3 is 0 Å². The van der Waals surface area contributed by atoms with Crippen LogP contribution in [0.5, 0.6) is 0 Å². The number of hydrogen-bond donors (Lipinski definition) is 1. The van der Waals surface area contributed by atoms with Gasteiger partial charge in [0.05, 0.1) is 17.8 Å². The zero-order valence-electron chi connectivity index (χ0n) is 22.9. The van der Waals surface area contributed by atoms with Gasteiger partial charge in [-0.15, -0.1) is 0 Å². The van der Waals surface area contributed by atoms with Crippen molar-refractivity contribution in [3.8, 4) is 0 Å². The molecule has 1 spiro atoms. The Labute approximate surface area is 213 Å². The van der Waals surface area contributed by atoms with E-state index < -0.39 is 0 Å². The van der Waals surface area contributed by atoms with Crippen molar-refractivity contribution in [1.82, 2.24) is 4.90 Å². The molecule has 0 bridgehead atoms. The summed E-state index contributed by atoms with van der Waals surface area (Å²) in [6, 6.07) is 0.421. The maximum atomic E-state index is 12.2. The molecule has 2 aliphatic heterocycles. The van der Waals surface area contributed by atoms with Crippen LogP contribution in [0.4, 0.5) is 0 Å². The largest absolute Gasteiger partial charge is 0.395 e. The second-order valence-corrected chi connectivity index (χ2v) is 14.4. The number of nitrogens with zero attached hydrogens (tertiary/aromatic N) is 1. The molecule has 196 valence electrons. The van der Waals surface area contributed by atoms with Crippen molar-refractivity contribution in [1.29, 1.82) is 0 Å². The number of piperidine rings is 1. The number of likely N-dealkylation sites (tertiary alicyclic amines) is 1. The molecule has 0 aromatic rings. The molecule has 0 aromatic carbocycles. The van der Waals surface area contributed by atoms with Crippen LogP contribution in [0.15, 0.2) is 11.6 Å². The summed E-state index contributed by atoms with van der Waals surface area (Å²) in [6.07, 6.45) is 12.5. The van der Waals surface area contributed by atoms with Gasteiger partial charge in [0.15, 0.2) is 5.78 Å². The minimum absolute atomic E-state index is 0.0165. The molecule has 0 aromatic heterocycles. The molecule has 6 rings (SSSR count). The minimum atomic E-state index is -0.0966. The van der Waals surface area contributed by atoms with E-state index in [9.17, 15) is 9.90 Å². The molecule has 4 unspecified atom stereocenters. The summed E-state index contributed by atoms with van der Waals surface area (Å²) in [5.41, 5.74) is 1.64. The van der Waals surface area contributed by atoms with Crippen LogP contribution in [-0.4, -0.2) is 52.7 Å². The molecular formula is C31H49NO3. The molecular weight excluding hydrogens is 434 g/mol. The molecule has 6 aliphatic rings. The molecule has 35 heavy (non-hydrogen) atoms. The Bertz CT molecular complexity index is 900. The molecule has 11 atom stereocenters. The second kappa shape index (κ2) is 8.40. The van der Waals surface area contributed by atoms with Crippen LogP contribution in [-0.2, 0) is 9.53 Å². The van der Waals surface area contributed by atoms with Crippen molar-refractivity contribution in [2.75, 3.05) is 19.7 Å². The number of allylic oxidation sites excluding steroid dienone is 2. The Hall–Kier alpha value is -0.710. The smallest absolute Gasteiger partial charge is 0.155 e. The van der Waals surface area contributed by atoms with Crippen LogP contribution in [0.2, 0.25) is 0 Å². The summed E-state index contributed by atoms with van der Waals surface area (Å²) in [4.78, 5) is 14.8. The zero-order chi connectivity index (χ0) is 24.8. The summed E-state index contributed by atoms with van der Waals surface area (Å²) in [7, 11) is 0. The quantitative estimate of drug-likeness (QED) is 0.553. The monoisotopic (exact) mass is 483 g/mol. The predicted molar refractivity (Wildman–Crippen MR) is 139 cm³/mol. The number of ether oxygens (including phenoxy) is 1. The lowest BCUT2D eigenvalue weighted by Gasteiger charge is -2.48. The Balaban J connectivity index is 1.27. The molecule has 4 aliphatic carbocycles. The predicted octanol–water partition coefficient (Wildman–Crippen LogP) is 5.63. The first kappa shape index (κ1) is 24.6. The van der Waals surface area contributed by atoms with Gasteiger partial charge in [-0.3, -0.25) is 9.69 Å². The maximum Gasteiger partial charge on any atom is 0.155 e. The van der Waals surface area contributed by atoms with E-state index in [1.165, 1.54) is 37.7 Å². The molecule has 4 nitrogen and oxygen atoms in total. The highest BCUT2D eigenvalue weighted by atomic mass is 16.5. The lowest BCUT2D eigenvalue weighted by atomic mass is 9.56. The highest BCUT2D eigenvalue weighted by molar-refractivity contribution is 5.91. The van der Waals surface area contributed by atoms with Crippen LogP contribution < -0.4 is 0 Å². The minimum Gasteiger partial charge on any atom is -0.395 e. The third-order valence-corrected chi connectivity index (χ3v) is 12.4. The van der Waals surface area contributed by atoms with Crippen LogP contribution in [0.1, 0.15) is 92.4 Å². The summed E-state index contributed by atoms with van der Waals surface area (Å²) in [5.74, 6) is 5.39. The van der Waals surface area contributed by atoms with Crippen molar-refractivity contribution < 1.29 is 14.6 Å². The Morgan fingerprint density at radius 1 is 1.06 bits per heavy atom. The van der Waals surface area contributed by atoms with Gasteiger partial charge in [0.2, 0.25) is 0 Å². The average molecular weight is 484 g/mol. The lowest BCUT2D eigenvalue weighted by molar-refractivity contribution is -0.143. The zero-order valence-corrected chi connectivity index (χ0v) is 22.9. The molecule has 3 saturated carbocycles. The number of carbonyl (C=O) groups is 1. The van der Waals surface area contributed by atoms with Crippen molar-refractivity contribution in [3.63, 3.8) is 0 Å². The number of aliphatic hydroxyl groups excluding tert-OH is 1. The summed E-state index contributed by atoms with van der Waals surface area (Å²) >= 11 is 0. The van der Waals surface area contributed by atoms with Crippen LogP contribution in [0, 0.1) is 46.8 Å². The molecule has 4 heteroatoms. The maximum absolute atomic E-state index is 12.2. The fraction of sp³-hybridized carbons (Fsp3) is 0.903. The highest BCUT2D eigenvalue weighted by Gasteiger charge is 2.64. The van der Waals surface area contributed by atoms with E-state index in [2.05, 4.69) is 39.5 Å². The van der Waals surface area contributed by atoms with Crippen LogP contribution >= 0.6 is 0 Å². The normalized spacial score (nSPS) is 54.0. The average Bonchev–Trinajstić information content (AvgIpc) is 3.21. The molecule has 2 saturated heterocycles. The van der Waals surface area contributed by atoms with Gasteiger partial charge in [-0.05, 0) is 105 Å². The van der Waals surface area contributed by atoms with E-state index in [4.69, 9.17) is 4.74 Å². The standard InChI is InChI=1S/C31H49NO3/c1-19-16-30(5)28(32(18-19)12-13-33)21(3)31(35-30)11-9-24-25-7-6-22-14-23(34)8-10-29(22,4)27(25)15-26(24)20(2)17-31/h14,19-21,24-28,33H,6-13,15-18H2,1-5H3/t19-,20?,21+,24-,25?,26?,27-,28-,29-,30?,31-/m0/s1. The SMILES string of the molecule is CC1C[C@]2(CC[C@@H]3C1C[C@H]1C3CCC3=CC(=O)CC[C@@]31C)OC1(C)C[C@H](C)CN(CCO)[C@H]1[C@H]2C. The van der Waals surface area contributed by atoms with Crippen molar-refractivity contribution in [2.24, 2.45) is 46.8 Å². The molecule has 1 N–H and O–H groups in total. The van der Waals surface area contributed by atoms with E-state index in [0.717, 1.165) is 62.4 Å². The van der Waals surface area contributed by atoms with Crippen LogP contribution in [0.3, 0.4) is 0 Å². The van der Waals surface area contributed by atoms with Gasteiger partial charge in [0.1, 0.15) is 0 Å². The summed E-state index contributed by atoms with van der Waals surface area (Å²) in [5, 5.41) is 9.82. The fourth-order valence-corrected chi connectivity index (χ4v) is 11.2. The van der Waals surface area contributed by atoms with E-state index in [0.29, 0.717) is 29.6 Å². The molecule has 5 fully saturated rings. The Kier molecular flexibility index (Phi) is 5.91. The Morgan fingerprint density at radius 3 is 2.63 bits per heavy atom. The molecule has 0 radical (unpaired) electrons. The first-order chi connectivity index (χ1) is 16.6. The van der Waals surface area contributed by atoms with Gasteiger partial charge in [-0.25, -0.2) is 0 Å². The number of hydrogen-bond acceptors (Lipinski definition) is 4.